The molecule has 1 aromatic rings. The Bertz CT molecular complexity index is 467. The van der Waals surface area contributed by atoms with E-state index in [0.717, 1.165) is 5.56 Å². The van der Waals surface area contributed by atoms with Crippen LogP contribution in [0, 0.1) is 6.92 Å². The molecule has 2 nitrogen and oxygen atoms in total. The van der Waals surface area contributed by atoms with Gasteiger partial charge in [0.15, 0.2) is 11.6 Å². The van der Waals surface area contributed by atoms with Crippen molar-refractivity contribution in [2.45, 2.75) is 13.8 Å². The Morgan fingerprint density at radius 2 is 1.71 bits per heavy atom. The summed E-state index contributed by atoms with van der Waals surface area (Å²) in [4.78, 5) is 23.4. The van der Waals surface area contributed by atoms with E-state index in [-0.39, 0.29) is 11.6 Å². The molecule has 0 aliphatic heterocycles. The van der Waals surface area contributed by atoms with Crippen LogP contribution in [0.25, 0.3) is 0 Å². The highest BCUT2D eigenvalue weighted by atomic mass is 16.2. The zero-order valence-electron chi connectivity index (χ0n) is 8.13. The van der Waals surface area contributed by atoms with Crippen molar-refractivity contribution in [3.8, 4) is 0 Å². The summed E-state index contributed by atoms with van der Waals surface area (Å²) in [5.74, 6) is -0.288. The summed E-state index contributed by atoms with van der Waals surface area (Å²) in [5.41, 5.74) is 2.38. The lowest BCUT2D eigenvalue weighted by Crippen LogP contribution is -1.99. The van der Waals surface area contributed by atoms with Gasteiger partial charge in [0.2, 0.25) is 0 Å². The zero-order chi connectivity index (χ0) is 10.3. The van der Waals surface area contributed by atoms with Gasteiger partial charge in [-0.05, 0) is 19.9 Å². The summed E-state index contributed by atoms with van der Waals surface area (Å²) in [5, 5.41) is 0. The third-order valence-electron chi connectivity index (χ3n) is 2.44. The maximum Gasteiger partial charge on any atom is 0.197 e. The smallest absolute Gasteiger partial charge is 0.197 e. The number of Topliss-reactive ketones (excluding diaryl/α,β-unsaturated/α-hetero) is 2. The van der Waals surface area contributed by atoms with Crippen molar-refractivity contribution < 1.29 is 9.59 Å². The SMILES string of the molecule is CC=C1C(=O)c2ccc(C)cc2C1=O. The van der Waals surface area contributed by atoms with Crippen molar-refractivity contribution in [1.82, 2.24) is 0 Å². The minimum atomic E-state index is -0.146. The third kappa shape index (κ3) is 1.04. The number of carbonyl (C=O) groups excluding carboxylic acids is 2. The topological polar surface area (TPSA) is 34.1 Å². The van der Waals surface area contributed by atoms with E-state index < -0.39 is 0 Å². The predicted octanol–water partition coefficient (Wildman–Crippen LogP) is 2.32. The number of fused-ring (bicyclic) bond motifs is 1. The Hall–Kier alpha value is -1.70. The Kier molecular flexibility index (Phi) is 1.84. The van der Waals surface area contributed by atoms with Crippen LogP contribution in [-0.2, 0) is 0 Å². The minimum absolute atomic E-state index is 0.142. The summed E-state index contributed by atoms with van der Waals surface area (Å²) < 4.78 is 0. The Morgan fingerprint density at radius 1 is 1.07 bits per heavy atom. The van der Waals surface area contributed by atoms with E-state index in [1.54, 1.807) is 25.1 Å². The zero-order valence-corrected chi connectivity index (χ0v) is 8.13. The van der Waals surface area contributed by atoms with Gasteiger partial charge in [0.1, 0.15) is 0 Å². The first-order valence-electron chi connectivity index (χ1n) is 4.51. The summed E-state index contributed by atoms with van der Waals surface area (Å²) in [6, 6.07) is 5.34. The molecule has 0 radical (unpaired) electrons. The van der Waals surface area contributed by atoms with E-state index in [1.807, 2.05) is 13.0 Å². The summed E-state index contributed by atoms with van der Waals surface area (Å²) in [6.45, 7) is 3.62. The van der Waals surface area contributed by atoms with Crippen molar-refractivity contribution in [3.05, 3.63) is 46.5 Å². The van der Waals surface area contributed by atoms with Gasteiger partial charge in [-0.1, -0.05) is 23.8 Å². The molecule has 0 atom stereocenters. The molecule has 0 amide bonds. The van der Waals surface area contributed by atoms with Crippen LogP contribution in [0.4, 0.5) is 0 Å². The van der Waals surface area contributed by atoms with Crippen LogP contribution in [0.15, 0.2) is 29.8 Å². The highest BCUT2D eigenvalue weighted by molar-refractivity contribution is 6.39. The maximum absolute atomic E-state index is 11.7. The van der Waals surface area contributed by atoms with E-state index in [1.165, 1.54) is 0 Å². The number of carbonyl (C=O) groups is 2. The van der Waals surface area contributed by atoms with Gasteiger partial charge in [0.25, 0.3) is 0 Å². The number of ketones is 2. The molecule has 0 spiro atoms. The van der Waals surface area contributed by atoms with Crippen LogP contribution in [0.2, 0.25) is 0 Å². The molecular weight excluding hydrogens is 176 g/mol. The molecule has 0 saturated carbocycles. The van der Waals surface area contributed by atoms with Crippen LogP contribution >= 0.6 is 0 Å². The van der Waals surface area contributed by atoms with Gasteiger partial charge in [-0.3, -0.25) is 9.59 Å². The fourth-order valence-electron chi connectivity index (χ4n) is 1.70. The molecule has 0 fully saturated rings. The number of rotatable bonds is 0. The number of aryl methyl sites for hydroxylation is 1. The minimum Gasteiger partial charge on any atom is -0.288 e. The lowest BCUT2D eigenvalue weighted by Gasteiger charge is -1.95. The standard InChI is InChI=1S/C12H10O2/c1-3-8-11(13)9-5-4-7(2)6-10(9)12(8)14/h3-6H,1-2H3. The summed E-state index contributed by atoms with van der Waals surface area (Å²) >= 11 is 0. The van der Waals surface area contributed by atoms with Crippen LogP contribution in [-0.4, -0.2) is 11.6 Å². The highest BCUT2D eigenvalue weighted by Crippen LogP contribution is 2.26. The van der Waals surface area contributed by atoms with E-state index in [9.17, 15) is 9.59 Å². The second-order valence-electron chi connectivity index (χ2n) is 3.41. The lowest BCUT2D eigenvalue weighted by molar-refractivity contribution is 0.0988. The van der Waals surface area contributed by atoms with Crippen LogP contribution in [0.5, 0.6) is 0 Å². The van der Waals surface area contributed by atoms with Gasteiger partial charge < -0.3 is 0 Å². The quantitative estimate of drug-likeness (QED) is 0.460. The van der Waals surface area contributed by atoms with Crippen molar-refractivity contribution in [2.24, 2.45) is 0 Å². The number of hydrogen-bond acceptors (Lipinski definition) is 2. The molecule has 0 saturated heterocycles. The summed E-state index contributed by atoms with van der Waals surface area (Å²) in [7, 11) is 0. The average Bonchev–Trinajstić information content (AvgIpc) is 2.39. The fraction of sp³-hybridized carbons (Fsp3) is 0.167. The van der Waals surface area contributed by atoms with Gasteiger partial charge in [-0.25, -0.2) is 0 Å². The summed E-state index contributed by atoms with van der Waals surface area (Å²) in [6.07, 6.45) is 1.58. The van der Waals surface area contributed by atoms with Crippen molar-refractivity contribution >= 4 is 11.6 Å². The van der Waals surface area contributed by atoms with Crippen LogP contribution in [0.1, 0.15) is 33.2 Å². The molecule has 70 valence electrons. The van der Waals surface area contributed by atoms with Gasteiger partial charge in [-0.15, -0.1) is 0 Å². The Labute approximate surface area is 82.2 Å². The molecule has 2 heteroatoms. The molecule has 14 heavy (non-hydrogen) atoms. The first-order valence-corrected chi connectivity index (χ1v) is 4.51. The second kappa shape index (κ2) is 2.91. The van der Waals surface area contributed by atoms with Gasteiger partial charge >= 0.3 is 0 Å². The molecule has 0 bridgehead atoms. The average molecular weight is 186 g/mol. The molecular formula is C12H10O2. The first-order chi connectivity index (χ1) is 6.65. The normalized spacial score (nSPS) is 17.7. The predicted molar refractivity (Wildman–Crippen MR) is 53.6 cm³/mol. The molecule has 0 aromatic heterocycles. The Morgan fingerprint density at radius 3 is 2.36 bits per heavy atom. The van der Waals surface area contributed by atoms with Gasteiger partial charge in [-0.2, -0.15) is 0 Å². The Balaban J connectivity index is 2.70. The van der Waals surface area contributed by atoms with E-state index in [4.69, 9.17) is 0 Å². The van der Waals surface area contributed by atoms with Crippen molar-refractivity contribution in [3.63, 3.8) is 0 Å². The number of benzene rings is 1. The largest absolute Gasteiger partial charge is 0.288 e. The molecule has 0 unspecified atom stereocenters. The third-order valence-corrected chi connectivity index (χ3v) is 2.44. The molecule has 1 aliphatic rings. The maximum atomic E-state index is 11.7. The number of hydrogen-bond donors (Lipinski definition) is 0. The molecule has 1 aromatic carbocycles. The van der Waals surface area contributed by atoms with Gasteiger partial charge in [0.05, 0.1) is 5.57 Å². The van der Waals surface area contributed by atoms with E-state index in [0.29, 0.717) is 16.7 Å². The molecule has 2 rings (SSSR count). The van der Waals surface area contributed by atoms with E-state index in [2.05, 4.69) is 0 Å². The lowest BCUT2D eigenvalue weighted by atomic mass is 10.1. The van der Waals surface area contributed by atoms with Crippen LogP contribution in [0.3, 0.4) is 0 Å². The number of allylic oxidation sites excluding steroid dienone is 2. The van der Waals surface area contributed by atoms with Crippen molar-refractivity contribution in [2.75, 3.05) is 0 Å². The van der Waals surface area contributed by atoms with E-state index >= 15 is 0 Å². The highest BCUT2D eigenvalue weighted by Gasteiger charge is 2.31. The van der Waals surface area contributed by atoms with Crippen LogP contribution < -0.4 is 0 Å². The molecule has 0 heterocycles. The first kappa shape index (κ1) is 8.88. The van der Waals surface area contributed by atoms with Gasteiger partial charge in [0, 0.05) is 11.1 Å². The molecule has 1 aliphatic carbocycles. The second-order valence-corrected chi connectivity index (χ2v) is 3.41. The van der Waals surface area contributed by atoms with Crippen molar-refractivity contribution in [1.29, 1.82) is 0 Å². The molecule has 0 N–H and O–H groups in total. The fourth-order valence-corrected chi connectivity index (χ4v) is 1.70. The monoisotopic (exact) mass is 186 g/mol.